The molecule has 0 aromatic carbocycles. The lowest BCUT2D eigenvalue weighted by Crippen LogP contribution is -2.34. The van der Waals surface area contributed by atoms with E-state index >= 15 is 0 Å². The fraction of sp³-hybridized carbons (Fsp3) is 0.667. The molecule has 1 saturated heterocycles. The highest BCUT2D eigenvalue weighted by atomic mass is 16.6. The molecule has 84 valence electrons. The summed E-state index contributed by atoms with van der Waals surface area (Å²) in [6, 6.07) is -0.924. The van der Waals surface area contributed by atoms with Crippen LogP contribution in [-0.4, -0.2) is 29.7 Å². The number of cyclic esters (lactones) is 2. The first-order valence-electron chi connectivity index (χ1n) is 4.52. The summed E-state index contributed by atoms with van der Waals surface area (Å²) >= 11 is 0. The Balaban J connectivity index is 2.45. The third-order valence-electron chi connectivity index (χ3n) is 1.56. The summed E-state index contributed by atoms with van der Waals surface area (Å²) in [5, 5.41) is 2.21. The highest BCUT2D eigenvalue weighted by Gasteiger charge is 2.35. The van der Waals surface area contributed by atoms with Crippen LogP contribution in [0.3, 0.4) is 0 Å². The molecule has 1 atom stereocenters. The zero-order valence-electron chi connectivity index (χ0n) is 8.83. The number of carbonyl (C=O) groups excluding carboxylic acids is 3. The molecule has 0 aromatic rings. The van der Waals surface area contributed by atoms with E-state index in [1.165, 1.54) is 0 Å². The fourth-order valence-electron chi connectivity index (χ4n) is 1.08. The van der Waals surface area contributed by atoms with Crippen LogP contribution < -0.4 is 5.32 Å². The molecule has 0 bridgehead atoms. The first kappa shape index (κ1) is 11.5. The minimum absolute atomic E-state index is 0.207. The fourth-order valence-corrected chi connectivity index (χ4v) is 1.08. The van der Waals surface area contributed by atoms with Gasteiger partial charge in [-0.25, -0.2) is 9.59 Å². The Morgan fingerprint density at radius 3 is 2.47 bits per heavy atom. The summed E-state index contributed by atoms with van der Waals surface area (Å²) in [5.41, 5.74) is -0.608. The van der Waals surface area contributed by atoms with Gasteiger partial charge in [-0.15, -0.1) is 0 Å². The summed E-state index contributed by atoms with van der Waals surface area (Å²) in [7, 11) is 0. The first-order valence-corrected chi connectivity index (χ1v) is 4.52. The quantitative estimate of drug-likeness (QED) is 0.531. The van der Waals surface area contributed by atoms with Gasteiger partial charge in [0.2, 0.25) is 0 Å². The maximum Gasteiger partial charge on any atom is 0.415 e. The topological polar surface area (TPSA) is 81.7 Å². The lowest BCUT2D eigenvalue weighted by atomic mass is 10.2. The predicted molar refractivity (Wildman–Crippen MR) is 48.9 cm³/mol. The number of carbonyl (C=O) groups is 3. The van der Waals surface area contributed by atoms with Crippen LogP contribution in [0.1, 0.15) is 27.2 Å². The number of nitrogens with one attached hydrogen (secondary N) is 1. The van der Waals surface area contributed by atoms with Crippen molar-refractivity contribution in [2.45, 2.75) is 38.8 Å². The van der Waals surface area contributed by atoms with Crippen molar-refractivity contribution in [1.82, 2.24) is 5.32 Å². The van der Waals surface area contributed by atoms with Gasteiger partial charge >= 0.3 is 18.0 Å². The Labute approximate surface area is 86.9 Å². The number of hydrogen-bond donors (Lipinski definition) is 1. The maximum absolute atomic E-state index is 11.3. The Kier molecular flexibility index (Phi) is 2.97. The number of hydrogen-bond acceptors (Lipinski definition) is 5. The molecule has 15 heavy (non-hydrogen) atoms. The maximum atomic E-state index is 11.3. The monoisotopic (exact) mass is 215 g/mol. The van der Waals surface area contributed by atoms with Crippen molar-refractivity contribution in [3.63, 3.8) is 0 Å². The number of ether oxygens (including phenoxy) is 2. The molecule has 0 spiro atoms. The van der Waals surface area contributed by atoms with Gasteiger partial charge in [-0.3, -0.25) is 4.79 Å². The molecule has 1 amide bonds. The number of esters is 2. The molecule has 1 aliphatic rings. The van der Waals surface area contributed by atoms with Gasteiger partial charge in [0.25, 0.3) is 0 Å². The molecule has 1 N–H and O–H groups in total. The van der Waals surface area contributed by atoms with E-state index in [1.54, 1.807) is 20.8 Å². The largest absolute Gasteiger partial charge is 0.460 e. The Morgan fingerprint density at radius 2 is 2.07 bits per heavy atom. The first-order chi connectivity index (χ1) is 6.78. The van der Waals surface area contributed by atoms with Gasteiger partial charge in [0, 0.05) is 0 Å². The predicted octanol–water partition coefficient (Wildman–Crippen LogP) is 0.353. The van der Waals surface area contributed by atoms with Crippen molar-refractivity contribution in [3.05, 3.63) is 0 Å². The minimum Gasteiger partial charge on any atom is -0.460 e. The second kappa shape index (κ2) is 3.88. The van der Waals surface area contributed by atoms with Crippen molar-refractivity contribution in [2.75, 3.05) is 0 Å². The van der Waals surface area contributed by atoms with Gasteiger partial charge in [0.05, 0.1) is 6.42 Å². The molecule has 0 unspecified atom stereocenters. The standard InChI is InChI=1S/C9H13NO5/c1-9(2,3)15-6(11)4-5-7(12)14-8(13)10-5/h5H,4H2,1-3H3,(H,10,13)/t5-/m0/s1. The van der Waals surface area contributed by atoms with E-state index in [0.29, 0.717) is 0 Å². The third kappa shape index (κ3) is 3.57. The van der Waals surface area contributed by atoms with Crippen LogP contribution in [-0.2, 0) is 19.1 Å². The number of alkyl carbamates (subject to hydrolysis) is 1. The third-order valence-corrected chi connectivity index (χ3v) is 1.56. The summed E-state index contributed by atoms with van der Waals surface area (Å²) in [5.74, 6) is -1.29. The molecule has 0 aliphatic carbocycles. The van der Waals surface area contributed by atoms with Crippen LogP contribution in [0, 0.1) is 0 Å². The molecule has 1 heterocycles. The summed E-state index contributed by atoms with van der Waals surface area (Å²) in [6.45, 7) is 5.16. The van der Waals surface area contributed by atoms with Gasteiger partial charge in [-0.05, 0) is 20.8 Å². The summed E-state index contributed by atoms with van der Waals surface area (Å²) < 4.78 is 9.19. The van der Waals surface area contributed by atoms with Crippen LogP contribution in [0.2, 0.25) is 0 Å². The smallest absolute Gasteiger partial charge is 0.415 e. The Morgan fingerprint density at radius 1 is 1.47 bits per heavy atom. The van der Waals surface area contributed by atoms with Crippen LogP contribution >= 0.6 is 0 Å². The number of amides is 1. The Hall–Kier alpha value is -1.59. The average Bonchev–Trinajstić information content (AvgIpc) is 2.25. The van der Waals surface area contributed by atoms with Crippen molar-refractivity contribution in [2.24, 2.45) is 0 Å². The highest BCUT2D eigenvalue weighted by Crippen LogP contribution is 2.11. The van der Waals surface area contributed by atoms with E-state index in [1.807, 2.05) is 0 Å². The van der Waals surface area contributed by atoms with Crippen LogP contribution in [0.15, 0.2) is 0 Å². The lowest BCUT2D eigenvalue weighted by Gasteiger charge is -2.19. The Bertz CT molecular complexity index is 304. The summed E-state index contributed by atoms with van der Waals surface area (Å²) in [4.78, 5) is 32.9. The van der Waals surface area contributed by atoms with Crippen molar-refractivity contribution >= 4 is 18.0 Å². The molecule has 1 aliphatic heterocycles. The zero-order chi connectivity index (χ0) is 11.6. The van der Waals surface area contributed by atoms with Gasteiger partial charge in [0.1, 0.15) is 11.6 Å². The highest BCUT2D eigenvalue weighted by molar-refractivity contribution is 5.97. The molecule has 0 aromatic heterocycles. The van der Waals surface area contributed by atoms with E-state index in [-0.39, 0.29) is 6.42 Å². The minimum atomic E-state index is -0.924. The average molecular weight is 215 g/mol. The van der Waals surface area contributed by atoms with Crippen molar-refractivity contribution in [1.29, 1.82) is 0 Å². The van der Waals surface area contributed by atoms with E-state index < -0.39 is 29.7 Å². The SMILES string of the molecule is CC(C)(C)OC(=O)C[C@@H]1NC(=O)OC1=O. The van der Waals surface area contributed by atoms with Crippen LogP contribution in [0.4, 0.5) is 4.79 Å². The zero-order valence-corrected chi connectivity index (χ0v) is 8.83. The summed E-state index contributed by atoms with van der Waals surface area (Å²) in [6.07, 6.45) is -1.03. The van der Waals surface area contributed by atoms with Gasteiger partial charge < -0.3 is 14.8 Å². The van der Waals surface area contributed by atoms with Gasteiger partial charge in [-0.2, -0.15) is 0 Å². The van der Waals surface area contributed by atoms with Gasteiger partial charge in [-0.1, -0.05) is 0 Å². The van der Waals surface area contributed by atoms with E-state index in [4.69, 9.17) is 4.74 Å². The lowest BCUT2D eigenvalue weighted by molar-refractivity contribution is -0.157. The van der Waals surface area contributed by atoms with Gasteiger partial charge in [0.15, 0.2) is 0 Å². The molecular weight excluding hydrogens is 202 g/mol. The van der Waals surface area contributed by atoms with Crippen molar-refractivity contribution in [3.8, 4) is 0 Å². The molecule has 1 fully saturated rings. The van der Waals surface area contributed by atoms with Crippen LogP contribution in [0.25, 0.3) is 0 Å². The van der Waals surface area contributed by atoms with E-state index in [9.17, 15) is 14.4 Å². The second-order valence-electron chi connectivity index (χ2n) is 4.20. The molecule has 0 saturated carbocycles. The van der Waals surface area contributed by atoms with E-state index in [2.05, 4.69) is 10.1 Å². The van der Waals surface area contributed by atoms with Crippen molar-refractivity contribution < 1.29 is 23.9 Å². The normalized spacial score (nSPS) is 20.9. The van der Waals surface area contributed by atoms with E-state index in [0.717, 1.165) is 0 Å². The second-order valence-corrected chi connectivity index (χ2v) is 4.20. The number of rotatable bonds is 2. The molecular formula is C9H13NO5. The van der Waals surface area contributed by atoms with Crippen LogP contribution in [0.5, 0.6) is 0 Å². The molecule has 0 radical (unpaired) electrons. The molecule has 6 nitrogen and oxygen atoms in total. The molecule has 1 rings (SSSR count). The molecule has 6 heteroatoms.